The molecule has 3 rings (SSSR count). The van der Waals surface area contributed by atoms with E-state index < -0.39 is 0 Å². The van der Waals surface area contributed by atoms with E-state index >= 15 is 0 Å². The molecule has 0 saturated heterocycles. The van der Waals surface area contributed by atoms with Gasteiger partial charge in [-0.25, -0.2) is 0 Å². The molecule has 84 valence electrons. The Labute approximate surface area is 101 Å². The Morgan fingerprint density at radius 2 is 2.18 bits per heavy atom. The van der Waals surface area contributed by atoms with Crippen molar-refractivity contribution in [3.05, 3.63) is 41.6 Å². The van der Waals surface area contributed by atoms with Crippen molar-refractivity contribution < 1.29 is 0 Å². The monoisotopic (exact) mass is 222 g/mol. The van der Waals surface area contributed by atoms with Gasteiger partial charge in [-0.1, -0.05) is 6.07 Å². The molecule has 0 unspecified atom stereocenters. The second kappa shape index (κ2) is 3.56. The molecule has 0 atom stereocenters. The fraction of sp³-hybridized carbons (Fsp3) is 0.333. The van der Waals surface area contributed by atoms with Crippen LogP contribution in [0.15, 0.2) is 30.5 Å². The van der Waals surface area contributed by atoms with Crippen molar-refractivity contribution in [2.75, 3.05) is 0 Å². The number of nitrogens with zero attached hydrogens (tertiary/aromatic N) is 2. The van der Waals surface area contributed by atoms with Gasteiger partial charge >= 0.3 is 0 Å². The summed E-state index contributed by atoms with van der Waals surface area (Å²) in [5, 5.41) is 10.3. The Morgan fingerprint density at radius 3 is 2.88 bits per heavy atom. The molecule has 0 bridgehead atoms. The first kappa shape index (κ1) is 10.3. The van der Waals surface area contributed by atoms with Crippen molar-refractivity contribution >= 4 is 10.9 Å². The molecule has 1 heterocycles. The van der Waals surface area contributed by atoms with Crippen LogP contribution in [0.2, 0.25) is 0 Å². The van der Waals surface area contributed by atoms with E-state index in [0.29, 0.717) is 0 Å². The summed E-state index contributed by atoms with van der Waals surface area (Å²) in [7, 11) is 0. The molecule has 0 aliphatic heterocycles. The number of hydrogen-bond acceptors (Lipinski definition) is 2. The maximum Gasteiger partial charge on any atom is 0.0702 e. The molecule has 0 radical (unpaired) electrons. The fourth-order valence-corrected chi connectivity index (χ4v) is 2.27. The quantitative estimate of drug-likeness (QED) is 0.781. The summed E-state index contributed by atoms with van der Waals surface area (Å²) < 4.78 is 0. The zero-order valence-electron chi connectivity index (χ0n) is 9.90. The van der Waals surface area contributed by atoms with Crippen LogP contribution in [0.5, 0.6) is 0 Å². The van der Waals surface area contributed by atoms with E-state index in [1.807, 2.05) is 6.20 Å². The Balaban J connectivity index is 1.99. The number of pyridine rings is 1. The summed E-state index contributed by atoms with van der Waals surface area (Å²) in [6.07, 6.45) is 4.87. The summed E-state index contributed by atoms with van der Waals surface area (Å²) in [5.41, 5.74) is 3.39. The highest BCUT2D eigenvalue weighted by Gasteiger charge is 2.42. The third-order valence-electron chi connectivity index (χ3n) is 3.52. The van der Waals surface area contributed by atoms with Crippen LogP contribution < -0.4 is 0 Å². The average molecular weight is 222 g/mol. The van der Waals surface area contributed by atoms with Crippen LogP contribution in [0.3, 0.4) is 0 Å². The van der Waals surface area contributed by atoms with Crippen LogP contribution in [0.25, 0.3) is 10.9 Å². The van der Waals surface area contributed by atoms with Crippen molar-refractivity contribution in [1.29, 1.82) is 5.26 Å². The van der Waals surface area contributed by atoms with Crippen molar-refractivity contribution in [2.45, 2.75) is 26.2 Å². The van der Waals surface area contributed by atoms with Crippen molar-refractivity contribution in [2.24, 2.45) is 5.41 Å². The Hall–Kier alpha value is -1.88. The van der Waals surface area contributed by atoms with E-state index in [-0.39, 0.29) is 5.41 Å². The zero-order chi connectivity index (χ0) is 11.9. The SMILES string of the molecule is Cc1cnc2ccc(CC3(C#N)CC3)cc2c1. The maximum absolute atomic E-state index is 9.11. The van der Waals surface area contributed by atoms with Gasteiger partial charge in [-0.05, 0) is 55.5 Å². The van der Waals surface area contributed by atoms with Gasteiger partial charge in [0, 0.05) is 11.6 Å². The zero-order valence-corrected chi connectivity index (χ0v) is 9.90. The lowest BCUT2D eigenvalue weighted by molar-refractivity contribution is 0.665. The maximum atomic E-state index is 9.11. The average Bonchev–Trinajstić information content (AvgIpc) is 3.09. The van der Waals surface area contributed by atoms with Gasteiger partial charge in [0.2, 0.25) is 0 Å². The number of benzene rings is 1. The number of fused-ring (bicyclic) bond motifs is 1. The van der Waals surface area contributed by atoms with Crippen LogP contribution in [0.4, 0.5) is 0 Å². The van der Waals surface area contributed by atoms with Crippen molar-refractivity contribution in [3.63, 3.8) is 0 Å². The van der Waals surface area contributed by atoms with Gasteiger partial charge in [-0.15, -0.1) is 0 Å². The van der Waals surface area contributed by atoms with Crippen LogP contribution >= 0.6 is 0 Å². The molecule has 1 aliphatic carbocycles. The highest BCUT2D eigenvalue weighted by molar-refractivity contribution is 5.79. The third-order valence-corrected chi connectivity index (χ3v) is 3.52. The standard InChI is InChI=1S/C15H14N2/c1-11-6-13-7-12(2-3-14(13)17-9-11)8-15(10-16)4-5-15/h2-3,6-7,9H,4-5,8H2,1H3. The molecule has 1 aromatic heterocycles. The second-order valence-electron chi connectivity index (χ2n) is 5.11. The Morgan fingerprint density at radius 1 is 1.35 bits per heavy atom. The highest BCUT2D eigenvalue weighted by atomic mass is 14.6. The van der Waals surface area contributed by atoms with E-state index in [2.05, 4.69) is 42.2 Å². The molecule has 17 heavy (non-hydrogen) atoms. The largest absolute Gasteiger partial charge is 0.256 e. The molecule has 0 spiro atoms. The molecular formula is C15H14N2. The minimum absolute atomic E-state index is 0.0646. The Kier molecular flexibility index (Phi) is 2.16. The van der Waals surface area contributed by atoms with Gasteiger partial charge in [-0.3, -0.25) is 4.98 Å². The van der Waals surface area contributed by atoms with Gasteiger partial charge in [0.15, 0.2) is 0 Å². The molecule has 1 fully saturated rings. The lowest BCUT2D eigenvalue weighted by Crippen LogP contribution is -2.01. The van der Waals surface area contributed by atoms with Crippen LogP contribution in [-0.2, 0) is 6.42 Å². The van der Waals surface area contributed by atoms with E-state index in [0.717, 1.165) is 24.8 Å². The number of nitriles is 1. The highest BCUT2D eigenvalue weighted by Crippen LogP contribution is 2.47. The number of rotatable bonds is 2. The van der Waals surface area contributed by atoms with Crippen molar-refractivity contribution in [1.82, 2.24) is 4.98 Å². The molecule has 1 aliphatic rings. The topological polar surface area (TPSA) is 36.7 Å². The van der Waals surface area contributed by atoms with E-state index in [4.69, 9.17) is 5.26 Å². The molecule has 0 N–H and O–H groups in total. The van der Waals surface area contributed by atoms with Gasteiger partial charge in [0.05, 0.1) is 17.0 Å². The van der Waals surface area contributed by atoms with Gasteiger partial charge in [0.25, 0.3) is 0 Å². The van der Waals surface area contributed by atoms with Crippen LogP contribution in [0, 0.1) is 23.7 Å². The molecular weight excluding hydrogens is 208 g/mol. The molecule has 1 saturated carbocycles. The summed E-state index contributed by atoms with van der Waals surface area (Å²) in [4.78, 5) is 4.39. The molecule has 0 amide bonds. The summed E-state index contributed by atoms with van der Waals surface area (Å²) in [6, 6.07) is 10.9. The van der Waals surface area contributed by atoms with E-state index in [1.54, 1.807) is 0 Å². The third kappa shape index (κ3) is 1.89. The van der Waals surface area contributed by atoms with Gasteiger partial charge < -0.3 is 0 Å². The summed E-state index contributed by atoms with van der Waals surface area (Å²) >= 11 is 0. The fourth-order valence-electron chi connectivity index (χ4n) is 2.27. The summed E-state index contributed by atoms with van der Waals surface area (Å²) in [5.74, 6) is 0. The number of hydrogen-bond donors (Lipinski definition) is 0. The molecule has 1 aromatic carbocycles. The van der Waals surface area contributed by atoms with E-state index in [9.17, 15) is 0 Å². The van der Waals surface area contributed by atoms with Crippen LogP contribution in [-0.4, -0.2) is 4.98 Å². The second-order valence-corrected chi connectivity index (χ2v) is 5.11. The predicted molar refractivity (Wildman–Crippen MR) is 67.5 cm³/mol. The normalized spacial score (nSPS) is 16.7. The number of aryl methyl sites for hydroxylation is 1. The van der Waals surface area contributed by atoms with Crippen molar-refractivity contribution in [3.8, 4) is 6.07 Å². The van der Waals surface area contributed by atoms with Crippen LogP contribution in [0.1, 0.15) is 24.0 Å². The number of aromatic nitrogens is 1. The first-order valence-corrected chi connectivity index (χ1v) is 5.97. The van der Waals surface area contributed by atoms with Gasteiger partial charge in [0.1, 0.15) is 0 Å². The predicted octanol–water partition coefficient (Wildman–Crippen LogP) is 3.39. The van der Waals surface area contributed by atoms with E-state index in [1.165, 1.54) is 16.5 Å². The Bertz CT molecular complexity index is 618. The first-order chi connectivity index (χ1) is 8.21. The minimum Gasteiger partial charge on any atom is -0.256 e. The van der Waals surface area contributed by atoms with Gasteiger partial charge in [-0.2, -0.15) is 5.26 Å². The minimum atomic E-state index is -0.0646. The lowest BCUT2D eigenvalue weighted by atomic mass is 9.97. The smallest absolute Gasteiger partial charge is 0.0702 e. The first-order valence-electron chi connectivity index (χ1n) is 5.97. The molecule has 2 nitrogen and oxygen atoms in total. The lowest BCUT2D eigenvalue weighted by Gasteiger charge is -2.07. The summed E-state index contributed by atoms with van der Waals surface area (Å²) in [6.45, 7) is 2.05. The molecule has 2 heteroatoms. The molecule has 2 aromatic rings.